The van der Waals surface area contributed by atoms with E-state index in [-0.39, 0.29) is 0 Å². The summed E-state index contributed by atoms with van der Waals surface area (Å²) in [5.41, 5.74) is 9.95. The molecule has 0 spiro atoms. The highest BCUT2D eigenvalue weighted by Gasteiger charge is 2.22. The Labute approximate surface area is 151 Å². The summed E-state index contributed by atoms with van der Waals surface area (Å²) in [6.45, 7) is 9.54. The van der Waals surface area contributed by atoms with E-state index in [4.69, 9.17) is 10.7 Å². The van der Waals surface area contributed by atoms with Crippen LogP contribution >= 0.6 is 0 Å². The number of piperidine rings is 1. The van der Waals surface area contributed by atoms with E-state index in [0.717, 1.165) is 53.4 Å². The molecule has 0 radical (unpaired) electrons. The van der Waals surface area contributed by atoms with Gasteiger partial charge in [-0.1, -0.05) is 26.0 Å². The monoisotopic (exact) mass is 338 g/mol. The number of aryl methyl sites for hydroxylation is 1. The van der Waals surface area contributed by atoms with Gasteiger partial charge in [-0.15, -0.1) is 0 Å². The molecule has 0 aliphatic carbocycles. The first-order valence-electron chi connectivity index (χ1n) is 9.35. The van der Waals surface area contributed by atoms with E-state index >= 15 is 0 Å². The third-order valence-electron chi connectivity index (χ3n) is 5.35. The number of pyridine rings is 1. The highest BCUT2D eigenvalue weighted by Crippen LogP contribution is 2.28. The molecule has 2 heterocycles. The van der Waals surface area contributed by atoms with Gasteiger partial charge in [-0.05, 0) is 61.4 Å². The predicted molar refractivity (Wildman–Crippen MR) is 106 cm³/mol. The van der Waals surface area contributed by atoms with Crippen molar-refractivity contribution in [3.63, 3.8) is 0 Å². The lowest BCUT2D eigenvalue weighted by Gasteiger charge is -2.34. The Morgan fingerprint density at radius 3 is 2.36 bits per heavy atom. The summed E-state index contributed by atoms with van der Waals surface area (Å²) >= 11 is 0. The van der Waals surface area contributed by atoms with Crippen molar-refractivity contribution < 1.29 is 0 Å². The number of benzene rings is 1. The minimum Gasteiger partial charge on any atom is -0.357 e. The number of nitrogens with two attached hydrogens (primary N) is 1. The molecule has 3 N–H and O–H groups in total. The van der Waals surface area contributed by atoms with Crippen LogP contribution in [-0.4, -0.2) is 18.1 Å². The number of aromatic nitrogens is 1. The normalized spacial score (nSPS) is 15.6. The van der Waals surface area contributed by atoms with E-state index in [2.05, 4.69) is 67.4 Å². The fraction of sp³-hybridized carbons (Fsp3) is 0.476. The average Bonchev–Trinajstić information content (AvgIpc) is 2.64. The summed E-state index contributed by atoms with van der Waals surface area (Å²) in [5.74, 6) is 2.74. The van der Waals surface area contributed by atoms with Crippen LogP contribution in [0.2, 0.25) is 0 Å². The fourth-order valence-corrected chi connectivity index (χ4v) is 3.53. The van der Waals surface area contributed by atoms with Crippen LogP contribution in [-0.2, 0) is 6.54 Å². The molecule has 0 atom stereocenters. The molecule has 134 valence electrons. The SMILES string of the molecule is Cc1nc(N2CCC(C(C)C)CC2)ccc1Nc1ccc(CN)cc1. The van der Waals surface area contributed by atoms with Gasteiger partial charge >= 0.3 is 0 Å². The maximum atomic E-state index is 5.65. The largest absolute Gasteiger partial charge is 0.357 e. The van der Waals surface area contributed by atoms with Crippen LogP contribution in [0.1, 0.15) is 37.9 Å². The summed E-state index contributed by atoms with van der Waals surface area (Å²) in [6.07, 6.45) is 2.54. The van der Waals surface area contributed by atoms with Crippen LogP contribution in [0.5, 0.6) is 0 Å². The highest BCUT2D eigenvalue weighted by atomic mass is 15.2. The number of hydrogen-bond acceptors (Lipinski definition) is 4. The zero-order chi connectivity index (χ0) is 17.8. The molecule has 0 saturated carbocycles. The average molecular weight is 338 g/mol. The zero-order valence-corrected chi connectivity index (χ0v) is 15.6. The van der Waals surface area contributed by atoms with Gasteiger partial charge in [0, 0.05) is 25.3 Å². The highest BCUT2D eigenvalue weighted by molar-refractivity contribution is 5.63. The molecule has 0 unspecified atom stereocenters. The van der Waals surface area contributed by atoms with Crippen molar-refractivity contribution in [3.05, 3.63) is 47.7 Å². The number of nitrogens with one attached hydrogen (secondary N) is 1. The maximum Gasteiger partial charge on any atom is 0.128 e. The van der Waals surface area contributed by atoms with E-state index in [1.165, 1.54) is 12.8 Å². The second-order valence-electron chi connectivity index (χ2n) is 7.40. The summed E-state index contributed by atoms with van der Waals surface area (Å²) < 4.78 is 0. The molecule has 1 aromatic carbocycles. The molecule has 25 heavy (non-hydrogen) atoms. The van der Waals surface area contributed by atoms with Crippen LogP contribution in [0.4, 0.5) is 17.2 Å². The lowest BCUT2D eigenvalue weighted by Crippen LogP contribution is -2.35. The van der Waals surface area contributed by atoms with Gasteiger partial charge in [-0.2, -0.15) is 0 Å². The van der Waals surface area contributed by atoms with Crippen LogP contribution < -0.4 is 16.0 Å². The van der Waals surface area contributed by atoms with Gasteiger partial charge in [0.1, 0.15) is 5.82 Å². The van der Waals surface area contributed by atoms with E-state index in [1.54, 1.807) is 0 Å². The smallest absolute Gasteiger partial charge is 0.128 e. The Hall–Kier alpha value is -2.07. The standard InChI is InChI=1S/C21H30N4/c1-15(2)18-10-12-25(13-11-18)21-9-8-20(16(3)23-21)24-19-6-4-17(14-22)5-7-19/h4-9,15,18,24H,10-14,22H2,1-3H3. The molecule has 1 saturated heterocycles. The van der Waals surface area contributed by atoms with Gasteiger partial charge in [-0.25, -0.2) is 4.98 Å². The Morgan fingerprint density at radius 1 is 1.12 bits per heavy atom. The Morgan fingerprint density at radius 2 is 1.80 bits per heavy atom. The second-order valence-corrected chi connectivity index (χ2v) is 7.40. The van der Waals surface area contributed by atoms with Crippen LogP contribution in [0, 0.1) is 18.8 Å². The predicted octanol–water partition coefficient (Wildman–Crippen LogP) is 4.46. The summed E-state index contributed by atoms with van der Waals surface area (Å²) in [6, 6.07) is 12.5. The van der Waals surface area contributed by atoms with E-state index < -0.39 is 0 Å². The lowest BCUT2D eigenvalue weighted by atomic mass is 9.87. The van der Waals surface area contributed by atoms with Crippen molar-refractivity contribution in [1.82, 2.24) is 4.98 Å². The molecular formula is C21H30N4. The van der Waals surface area contributed by atoms with Gasteiger partial charge in [0.25, 0.3) is 0 Å². The van der Waals surface area contributed by atoms with Crippen molar-refractivity contribution >= 4 is 17.2 Å². The molecule has 2 aromatic rings. The number of anilines is 3. The molecule has 0 amide bonds. The molecule has 0 bridgehead atoms. The van der Waals surface area contributed by atoms with Crippen molar-refractivity contribution in [2.45, 2.75) is 40.2 Å². The zero-order valence-electron chi connectivity index (χ0n) is 15.6. The topological polar surface area (TPSA) is 54.2 Å². The second kappa shape index (κ2) is 7.87. The van der Waals surface area contributed by atoms with Gasteiger partial charge in [-0.3, -0.25) is 0 Å². The Kier molecular flexibility index (Phi) is 5.59. The number of nitrogens with zero attached hydrogens (tertiary/aromatic N) is 2. The Balaban J connectivity index is 1.66. The van der Waals surface area contributed by atoms with Crippen molar-refractivity contribution in [2.75, 3.05) is 23.3 Å². The van der Waals surface area contributed by atoms with E-state index in [1.807, 2.05) is 0 Å². The van der Waals surface area contributed by atoms with Crippen LogP contribution in [0.3, 0.4) is 0 Å². The third-order valence-corrected chi connectivity index (χ3v) is 5.35. The molecular weight excluding hydrogens is 308 g/mol. The third kappa shape index (κ3) is 4.31. The van der Waals surface area contributed by atoms with E-state index in [0.29, 0.717) is 6.54 Å². The fourth-order valence-electron chi connectivity index (χ4n) is 3.53. The number of rotatable bonds is 5. The summed E-state index contributed by atoms with van der Waals surface area (Å²) in [4.78, 5) is 7.26. The summed E-state index contributed by atoms with van der Waals surface area (Å²) in [5, 5.41) is 3.45. The molecule has 1 aliphatic rings. The summed E-state index contributed by atoms with van der Waals surface area (Å²) in [7, 11) is 0. The van der Waals surface area contributed by atoms with E-state index in [9.17, 15) is 0 Å². The molecule has 4 nitrogen and oxygen atoms in total. The maximum absolute atomic E-state index is 5.65. The Bertz CT molecular complexity index is 686. The van der Waals surface area contributed by atoms with Crippen LogP contribution in [0.25, 0.3) is 0 Å². The van der Waals surface area contributed by atoms with Gasteiger partial charge in [0.15, 0.2) is 0 Å². The van der Waals surface area contributed by atoms with Crippen molar-refractivity contribution in [2.24, 2.45) is 17.6 Å². The molecule has 1 aromatic heterocycles. The first kappa shape index (κ1) is 17.7. The molecule has 4 heteroatoms. The minimum atomic E-state index is 0.572. The first-order valence-corrected chi connectivity index (χ1v) is 9.35. The van der Waals surface area contributed by atoms with Gasteiger partial charge < -0.3 is 16.0 Å². The number of hydrogen-bond donors (Lipinski definition) is 2. The quantitative estimate of drug-likeness (QED) is 0.845. The minimum absolute atomic E-state index is 0.572. The molecule has 1 fully saturated rings. The van der Waals surface area contributed by atoms with Crippen LogP contribution in [0.15, 0.2) is 36.4 Å². The van der Waals surface area contributed by atoms with Gasteiger partial charge in [0.05, 0.1) is 11.4 Å². The van der Waals surface area contributed by atoms with Crippen molar-refractivity contribution in [1.29, 1.82) is 0 Å². The van der Waals surface area contributed by atoms with Crippen molar-refractivity contribution in [3.8, 4) is 0 Å². The molecule has 1 aliphatic heterocycles. The van der Waals surface area contributed by atoms with Gasteiger partial charge in [0.2, 0.25) is 0 Å². The first-order chi connectivity index (χ1) is 12.1. The molecule has 3 rings (SSSR count). The lowest BCUT2D eigenvalue weighted by molar-refractivity contribution is 0.310.